The lowest BCUT2D eigenvalue weighted by Crippen LogP contribution is -2.49. The lowest BCUT2D eigenvalue weighted by atomic mass is 9.69. The monoisotopic (exact) mass is 922 g/mol. The van der Waals surface area contributed by atoms with Gasteiger partial charge in [-0.2, -0.15) is 36.5 Å². The first-order valence-corrected chi connectivity index (χ1v) is 19.8. The molecule has 0 spiro atoms. The number of nitrogens with one attached hydrogen (secondary N) is 1. The molecule has 0 saturated carbocycles. The Morgan fingerprint density at radius 3 is 1.49 bits per heavy atom. The van der Waals surface area contributed by atoms with Gasteiger partial charge in [-0.05, 0) is 70.7 Å². The van der Waals surface area contributed by atoms with Gasteiger partial charge < -0.3 is 15.3 Å². The molecule has 0 bridgehead atoms. The van der Waals surface area contributed by atoms with Gasteiger partial charge in [-0.15, -0.1) is 12.4 Å². The third-order valence-electron chi connectivity index (χ3n) is 11.0. The number of likely N-dealkylation sites (tertiary alicyclic amines) is 1. The number of halogens is 9. The van der Waals surface area contributed by atoms with Gasteiger partial charge in [-0.25, -0.2) is 0 Å². The lowest BCUT2D eigenvalue weighted by molar-refractivity contribution is -0.143. The number of carbonyl (C=O) groups is 4. The van der Waals surface area contributed by atoms with Crippen LogP contribution in [0.4, 0.5) is 26.3 Å². The first-order chi connectivity index (χ1) is 28.1. The minimum atomic E-state index is -4.68. The summed E-state index contributed by atoms with van der Waals surface area (Å²) in [5, 5.41) is 17.3. The van der Waals surface area contributed by atoms with E-state index in [1.165, 1.54) is 19.4 Å². The van der Waals surface area contributed by atoms with Gasteiger partial charge in [0.1, 0.15) is 24.7 Å². The number of hydrogen-bond acceptors (Lipinski definition) is 7. The van der Waals surface area contributed by atoms with Crippen LogP contribution in [0, 0.1) is 13.8 Å². The zero-order valence-electron chi connectivity index (χ0n) is 33.8. The predicted octanol–water partition coefficient (Wildman–Crippen LogP) is 8.67. The van der Waals surface area contributed by atoms with Gasteiger partial charge in [0.25, 0.3) is 0 Å². The first-order valence-electron chi connectivity index (χ1n) is 19.0. The van der Waals surface area contributed by atoms with Crippen LogP contribution in [0.15, 0.2) is 60.7 Å². The molecule has 6 rings (SSSR count). The minimum Gasteiger partial charge on any atom is -0.480 e. The van der Waals surface area contributed by atoms with Crippen LogP contribution < -0.4 is 5.32 Å². The van der Waals surface area contributed by atoms with Crippen molar-refractivity contribution in [3.63, 3.8) is 0 Å². The Hall–Kier alpha value is -4.45. The molecule has 4 aromatic rings. The fourth-order valence-electron chi connectivity index (χ4n) is 7.49. The number of ketones is 2. The predicted molar refractivity (Wildman–Crippen MR) is 219 cm³/mol. The summed E-state index contributed by atoms with van der Waals surface area (Å²) in [6.07, 6.45) is -6.17. The maximum absolute atomic E-state index is 13.0. The fourth-order valence-corrected chi connectivity index (χ4v) is 7.98. The van der Waals surface area contributed by atoms with E-state index in [1.807, 2.05) is 55.5 Å². The Morgan fingerprint density at radius 2 is 1.13 bits per heavy atom. The molecule has 1 amide bonds. The van der Waals surface area contributed by atoms with E-state index >= 15 is 0 Å². The summed E-state index contributed by atoms with van der Waals surface area (Å²) in [4.78, 5) is 49.3. The average Bonchev–Trinajstić information content (AvgIpc) is 3.67. The van der Waals surface area contributed by atoms with Gasteiger partial charge in [0.15, 0.2) is 11.4 Å². The maximum atomic E-state index is 13.0. The van der Waals surface area contributed by atoms with E-state index in [2.05, 4.69) is 27.6 Å². The summed E-state index contributed by atoms with van der Waals surface area (Å²) in [6, 6.07) is 19.7. The Kier molecular flexibility index (Phi) is 17.6. The van der Waals surface area contributed by atoms with E-state index in [1.54, 1.807) is 11.8 Å². The van der Waals surface area contributed by atoms with Crippen molar-refractivity contribution in [3.05, 3.63) is 105 Å². The van der Waals surface area contributed by atoms with Crippen molar-refractivity contribution in [2.75, 3.05) is 26.2 Å². The second-order valence-corrected chi connectivity index (χ2v) is 15.3. The van der Waals surface area contributed by atoms with Crippen LogP contribution in [0.1, 0.15) is 79.9 Å². The van der Waals surface area contributed by atoms with Gasteiger partial charge in [0.2, 0.25) is 5.91 Å². The molecule has 20 heteroatoms. The molecule has 2 aliphatic rings. The molecule has 11 nitrogen and oxygen atoms in total. The van der Waals surface area contributed by atoms with Gasteiger partial charge in [-0.1, -0.05) is 90.8 Å². The van der Waals surface area contributed by atoms with Crippen LogP contribution in [0.5, 0.6) is 0 Å². The van der Waals surface area contributed by atoms with E-state index < -0.39 is 51.7 Å². The van der Waals surface area contributed by atoms with Crippen LogP contribution in [-0.4, -0.2) is 79.2 Å². The number of benzene rings is 2. The number of alkyl halides is 6. The van der Waals surface area contributed by atoms with Crippen molar-refractivity contribution in [2.24, 2.45) is 0 Å². The van der Waals surface area contributed by atoms with Gasteiger partial charge in [0.05, 0.1) is 32.3 Å². The number of Topliss-reactive ketones (excluding diaryl/α,β-unsaturated/α-hetero) is 2. The van der Waals surface area contributed by atoms with E-state index in [0.717, 1.165) is 36.2 Å². The molecule has 2 aromatic heterocycles. The molecule has 4 heterocycles. The number of amides is 1. The van der Waals surface area contributed by atoms with Crippen molar-refractivity contribution < 1.29 is 50.6 Å². The highest BCUT2D eigenvalue weighted by molar-refractivity contribution is 6.32. The number of carboxylic acid groups (broad SMARTS) is 1. The average molecular weight is 924 g/mol. The Morgan fingerprint density at radius 1 is 0.721 bits per heavy atom. The molecule has 2 fully saturated rings. The quantitative estimate of drug-likeness (QED) is 0.159. The van der Waals surface area contributed by atoms with Gasteiger partial charge >= 0.3 is 18.3 Å². The van der Waals surface area contributed by atoms with Crippen LogP contribution in [0.2, 0.25) is 10.0 Å². The first kappa shape index (κ1) is 50.9. The third kappa shape index (κ3) is 11.9. The normalized spacial score (nSPS) is 15.9. The highest BCUT2D eigenvalue weighted by atomic mass is 35.5. The standard InChI is InChI=1S/C21H23ClF3N3O2.C13H17NO.C7H6ClF3N2O2.ClH/c1-3-16(29)20(15-7-5-4-6-8-15)9-11-27(12-10-20)17(30)13-28-14(2)18(22)19(26-28)21(23,24)25;1-11(15)13(7-9-14-10-8-13)12-5-3-2-4-6-12;1-3-5(8)6(7(9,10)11)12-13(3)2-4(14)15;/h4-8H,3,9-13H2,1-2H3;2-6,14H,7-10H2,1H3;2H2,1H3,(H,14,15);1H. The summed E-state index contributed by atoms with van der Waals surface area (Å²) in [5.41, 5.74) is -1.13. The number of nitrogens with zero attached hydrogens (tertiary/aromatic N) is 5. The van der Waals surface area contributed by atoms with E-state index in [4.69, 9.17) is 28.3 Å². The van der Waals surface area contributed by atoms with E-state index in [9.17, 15) is 45.5 Å². The van der Waals surface area contributed by atoms with Crippen molar-refractivity contribution in [1.29, 1.82) is 0 Å². The zero-order chi connectivity index (χ0) is 44.6. The zero-order valence-corrected chi connectivity index (χ0v) is 36.1. The summed E-state index contributed by atoms with van der Waals surface area (Å²) in [6.45, 7) is 7.80. The second-order valence-electron chi connectivity index (χ2n) is 14.6. The van der Waals surface area contributed by atoms with Crippen LogP contribution in [-0.2, 0) is 55.5 Å². The summed E-state index contributed by atoms with van der Waals surface area (Å²) in [5.74, 6) is -1.21. The molecule has 0 aliphatic carbocycles. The van der Waals surface area contributed by atoms with Crippen molar-refractivity contribution >= 4 is 59.1 Å². The number of piperidine rings is 2. The highest BCUT2D eigenvalue weighted by Gasteiger charge is 2.43. The number of carbonyl (C=O) groups excluding carboxylic acids is 3. The number of hydrogen-bond donors (Lipinski definition) is 2. The summed E-state index contributed by atoms with van der Waals surface area (Å²) < 4.78 is 77.5. The molecule has 2 saturated heterocycles. The number of aliphatic carboxylic acids is 1. The third-order valence-corrected chi connectivity index (χ3v) is 11.9. The lowest BCUT2D eigenvalue weighted by Gasteiger charge is -2.41. The minimum absolute atomic E-state index is 0. The molecular formula is C41H47Cl3F6N6O5. The molecule has 2 N–H and O–H groups in total. The molecule has 0 unspecified atom stereocenters. The SMILES string of the molecule is CC(=O)C1(c2ccccc2)CCNCC1.CCC(=O)C1(c2ccccc2)CCN(C(=O)Cn2nc(C(F)(F)F)c(Cl)c2C)CC1.Cc1c(Cl)c(C(F)(F)F)nn1CC(=O)O.Cl. The number of rotatable bonds is 9. The number of aromatic nitrogens is 4. The van der Waals surface area contributed by atoms with Crippen molar-refractivity contribution in [1.82, 2.24) is 29.8 Å². The highest BCUT2D eigenvalue weighted by Crippen LogP contribution is 2.39. The molecule has 0 radical (unpaired) electrons. The van der Waals surface area contributed by atoms with Crippen LogP contribution >= 0.6 is 35.6 Å². The van der Waals surface area contributed by atoms with Crippen LogP contribution in [0.3, 0.4) is 0 Å². The molecule has 61 heavy (non-hydrogen) atoms. The van der Waals surface area contributed by atoms with Crippen molar-refractivity contribution in [2.45, 2.75) is 96.1 Å². The molecular weight excluding hydrogens is 877 g/mol. The van der Waals surface area contributed by atoms with E-state index in [0.29, 0.717) is 42.8 Å². The van der Waals surface area contributed by atoms with Gasteiger partial charge in [0, 0.05) is 19.5 Å². The molecule has 334 valence electrons. The van der Waals surface area contributed by atoms with Gasteiger partial charge in [-0.3, -0.25) is 28.5 Å². The van der Waals surface area contributed by atoms with Crippen molar-refractivity contribution in [3.8, 4) is 0 Å². The largest absolute Gasteiger partial charge is 0.480 e. The second kappa shape index (κ2) is 21.1. The maximum Gasteiger partial charge on any atom is 0.436 e. The molecule has 2 aromatic carbocycles. The van der Waals surface area contributed by atoms with Crippen LogP contribution in [0.25, 0.3) is 0 Å². The topological polar surface area (TPSA) is 139 Å². The fraction of sp³-hybridized carbons (Fsp3) is 0.463. The number of carboxylic acids is 1. The Bertz CT molecular complexity index is 2130. The summed E-state index contributed by atoms with van der Waals surface area (Å²) in [7, 11) is 0. The molecule has 0 atom stereocenters. The summed E-state index contributed by atoms with van der Waals surface area (Å²) >= 11 is 11.1. The Labute approximate surface area is 365 Å². The van der Waals surface area contributed by atoms with E-state index in [-0.39, 0.29) is 47.4 Å². The smallest absolute Gasteiger partial charge is 0.436 e. The Balaban J connectivity index is 0.000000269. The molecule has 2 aliphatic heterocycles.